The first-order valence-electron chi connectivity index (χ1n) is 14.4. The summed E-state index contributed by atoms with van der Waals surface area (Å²) < 4.78 is 29.2. The van der Waals surface area contributed by atoms with Crippen LogP contribution in [-0.4, -0.2) is 43.8 Å². The highest BCUT2D eigenvalue weighted by Gasteiger charge is 2.34. The molecule has 0 heterocycles. The molecular weight excluding hydrogens is 534 g/mol. The van der Waals surface area contributed by atoms with Gasteiger partial charge in [0.25, 0.3) is 10.0 Å². The van der Waals surface area contributed by atoms with E-state index in [4.69, 9.17) is 0 Å². The van der Waals surface area contributed by atoms with Gasteiger partial charge in [0, 0.05) is 12.6 Å². The van der Waals surface area contributed by atoms with Crippen molar-refractivity contribution in [3.63, 3.8) is 0 Å². The van der Waals surface area contributed by atoms with Gasteiger partial charge in [-0.05, 0) is 81.0 Å². The molecule has 1 atom stereocenters. The van der Waals surface area contributed by atoms with Gasteiger partial charge < -0.3 is 10.2 Å². The number of amides is 2. The molecule has 0 aromatic heterocycles. The van der Waals surface area contributed by atoms with Crippen molar-refractivity contribution in [2.75, 3.05) is 10.8 Å². The van der Waals surface area contributed by atoms with Gasteiger partial charge in [-0.1, -0.05) is 73.9 Å². The Morgan fingerprint density at radius 3 is 2.07 bits per heavy atom. The fourth-order valence-electron chi connectivity index (χ4n) is 5.52. The van der Waals surface area contributed by atoms with Crippen LogP contribution in [0.2, 0.25) is 0 Å². The number of aryl methyl sites for hydroxylation is 3. The topological polar surface area (TPSA) is 86.8 Å². The summed E-state index contributed by atoms with van der Waals surface area (Å²) in [6.07, 6.45) is 4.44. The molecule has 1 fully saturated rings. The van der Waals surface area contributed by atoms with E-state index >= 15 is 0 Å². The predicted octanol–water partition coefficient (Wildman–Crippen LogP) is 5.67. The number of hydrogen-bond donors (Lipinski definition) is 1. The van der Waals surface area contributed by atoms with Gasteiger partial charge in [0.15, 0.2) is 0 Å². The zero-order chi connectivity index (χ0) is 29.6. The number of carbonyl (C=O) groups is 2. The van der Waals surface area contributed by atoms with E-state index in [0.717, 1.165) is 47.9 Å². The van der Waals surface area contributed by atoms with Crippen LogP contribution in [0.5, 0.6) is 0 Å². The SMILES string of the molecule is CC[C@@H](C(=O)NC1CCCC1)N(Cc1ccc(C)cc1)C(=O)CN(c1cc(C)cc(C)c1)S(=O)(=O)c1ccccc1. The zero-order valence-corrected chi connectivity index (χ0v) is 25.3. The molecule has 0 aliphatic heterocycles. The van der Waals surface area contributed by atoms with E-state index in [-0.39, 0.29) is 23.4 Å². The van der Waals surface area contributed by atoms with Gasteiger partial charge in [-0.2, -0.15) is 0 Å². The lowest BCUT2D eigenvalue weighted by molar-refractivity contribution is -0.140. The summed E-state index contributed by atoms with van der Waals surface area (Å²) in [7, 11) is -4.08. The van der Waals surface area contributed by atoms with E-state index in [2.05, 4.69) is 5.32 Å². The molecule has 1 N–H and O–H groups in total. The summed E-state index contributed by atoms with van der Waals surface area (Å²) >= 11 is 0. The first-order valence-corrected chi connectivity index (χ1v) is 15.8. The molecule has 4 rings (SSSR count). The molecule has 2 amide bonds. The van der Waals surface area contributed by atoms with Gasteiger partial charge in [0.1, 0.15) is 12.6 Å². The smallest absolute Gasteiger partial charge is 0.264 e. The van der Waals surface area contributed by atoms with Gasteiger partial charge in [-0.25, -0.2) is 8.42 Å². The lowest BCUT2D eigenvalue weighted by Gasteiger charge is -2.34. The summed E-state index contributed by atoms with van der Waals surface area (Å²) in [6, 6.07) is 20.9. The second-order valence-electron chi connectivity index (χ2n) is 11.1. The minimum Gasteiger partial charge on any atom is -0.352 e. The monoisotopic (exact) mass is 575 g/mol. The molecule has 1 saturated carbocycles. The van der Waals surface area contributed by atoms with Crippen LogP contribution >= 0.6 is 0 Å². The Balaban J connectivity index is 1.72. The summed E-state index contributed by atoms with van der Waals surface area (Å²) in [5.74, 6) is -0.624. The minimum atomic E-state index is -4.08. The maximum Gasteiger partial charge on any atom is 0.264 e. The number of carbonyl (C=O) groups excluding carboxylic acids is 2. The number of sulfonamides is 1. The van der Waals surface area contributed by atoms with Crippen molar-refractivity contribution in [1.29, 1.82) is 0 Å². The van der Waals surface area contributed by atoms with Crippen LogP contribution in [0.4, 0.5) is 5.69 Å². The molecule has 0 unspecified atom stereocenters. The summed E-state index contributed by atoms with van der Waals surface area (Å²) in [5.41, 5.74) is 4.16. The lowest BCUT2D eigenvalue weighted by Crippen LogP contribution is -2.53. The standard InChI is InChI=1S/C33H41N3O4S/c1-5-31(33(38)34-28-11-9-10-12-28)35(22-27-17-15-24(2)16-18-27)32(37)23-36(29-20-25(3)19-26(4)21-29)41(39,40)30-13-7-6-8-14-30/h6-8,13-21,28,31H,5,9-12,22-23H2,1-4H3,(H,34,38)/t31-/m0/s1. The number of hydrogen-bond acceptors (Lipinski definition) is 4. The molecule has 0 spiro atoms. The molecule has 218 valence electrons. The van der Waals surface area contributed by atoms with Crippen molar-refractivity contribution < 1.29 is 18.0 Å². The number of nitrogens with one attached hydrogen (secondary N) is 1. The molecule has 7 nitrogen and oxygen atoms in total. The summed E-state index contributed by atoms with van der Waals surface area (Å²) in [5, 5.41) is 3.15. The van der Waals surface area contributed by atoms with Crippen molar-refractivity contribution in [1.82, 2.24) is 10.2 Å². The van der Waals surface area contributed by atoms with E-state index in [1.165, 1.54) is 16.4 Å². The predicted molar refractivity (Wildman–Crippen MR) is 163 cm³/mol. The van der Waals surface area contributed by atoms with E-state index in [0.29, 0.717) is 12.1 Å². The molecule has 3 aromatic carbocycles. The number of nitrogens with zero attached hydrogens (tertiary/aromatic N) is 2. The van der Waals surface area contributed by atoms with Crippen LogP contribution in [0, 0.1) is 20.8 Å². The Kier molecular flexibility index (Phi) is 9.86. The minimum absolute atomic E-state index is 0.100. The lowest BCUT2D eigenvalue weighted by atomic mass is 10.1. The first-order chi connectivity index (χ1) is 19.6. The van der Waals surface area contributed by atoms with Crippen molar-refractivity contribution >= 4 is 27.5 Å². The van der Waals surface area contributed by atoms with E-state index in [1.54, 1.807) is 35.2 Å². The van der Waals surface area contributed by atoms with Gasteiger partial charge in [-0.15, -0.1) is 0 Å². The summed E-state index contributed by atoms with van der Waals surface area (Å²) in [6.45, 7) is 7.44. The highest BCUT2D eigenvalue weighted by Crippen LogP contribution is 2.27. The van der Waals surface area contributed by atoms with Crippen molar-refractivity contribution in [2.24, 2.45) is 0 Å². The van der Waals surface area contributed by atoms with Crippen LogP contribution in [0.1, 0.15) is 61.3 Å². The average molecular weight is 576 g/mol. The fourth-order valence-corrected chi connectivity index (χ4v) is 6.94. The van der Waals surface area contributed by atoms with E-state index in [1.807, 2.05) is 58.0 Å². The Morgan fingerprint density at radius 2 is 1.49 bits per heavy atom. The van der Waals surface area contributed by atoms with Gasteiger partial charge in [0.2, 0.25) is 11.8 Å². The van der Waals surface area contributed by atoms with Crippen molar-refractivity contribution in [2.45, 2.75) is 83.3 Å². The first kappa shape index (κ1) is 30.3. The molecule has 8 heteroatoms. The average Bonchev–Trinajstić information content (AvgIpc) is 3.45. The molecule has 0 saturated heterocycles. The van der Waals surface area contributed by atoms with Gasteiger partial charge >= 0.3 is 0 Å². The molecule has 1 aliphatic carbocycles. The molecule has 1 aliphatic rings. The van der Waals surface area contributed by atoms with Crippen LogP contribution in [0.3, 0.4) is 0 Å². The zero-order valence-electron chi connectivity index (χ0n) is 24.5. The van der Waals surface area contributed by atoms with Crippen molar-refractivity contribution in [3.8, 4) is 0 Å². The highest BCUT2D eigenvalue weighted by atomic mass is 32.2. The number of benzene rings is 3. The second-order valence-corrected chi connectivity index (χ2v) is 13.0. The molecule has 3 aromatic rings. The third-order valence-electron chi connectivity index (χ3n) is 7.67. The van der Waals surface area contributed by atoms with E-state index < -0.39 is 28.5 Å². The third kappa shape index (κ3) is 7.55. The van der Waals surface area contributed by atoms with Gasteiger partial charge in [0.05, 0.1) is 10.6 Å². The fraction of sp³-hybridized carbons (Fsp3) is 0.394. The maximum atomic E-state index is 14.2. The number of anilines is 1. The van der Waals surface area contributed by atoms with Crippen LogP contribution in [-0.2, 0) is 26.2 Å². The van der Waals surface area contributed by atoms with Crippen LogP contribution in [0.25, 0.3) is 0 Å². The molecule has 0 bridgehead atoms. The molecule has 41 heavy (non-hydrogen) atoms. The largest absolute Gasteiger partial charge is 0.352 e. The number of rotatable bonds is 11. The van der Waals surface area contributed by atoms with Crippen molar-refractivity contribution in [3.05, 3.63) is 95.1 Å². The second kappa shape index (κ2) is 13.3. The molecule has 0 radical (unpaired) electrons. The van der Waals surface area contributed by atoms with Gasteiger partial charge in [-0.3, -0.25) is 13.9 Å². The Labute approximate surface area is 244 Å². The highest BCUT2D eigenvalue weighted by molar-refractivity contribution is 7.92. The van der Waals surface area contributed by atoms with Crippen LogP contribution in [0.15, 0.2) is 77.7 Å². The third-order valence-corrected chi connectivity index (χ3v) is 9.45. The quantitative estimate of drug-likeness (QED) is 0.319. The summed E-state index contributed by atoms with van der Waals surface area (Å²) in [4.78, 5) is 29.4. The Hall–Kier alpha value is -3.65. The maximum absolute atomic E-state index is 14.2. The van der Waals surface area contributed by atoms with Crippen LogP contribution < -0.4 is 9.62 Å². The Morgan fingerprint density at radius 1 is 0.878 bits per heavy atom. The Bertz CT molecular complexity index is 1430. The normalized spacial score (nSPS) is 14.4. The van der Waals surface area contributed by atoms with E-state index in [9.17, 15) is 18.0 Å². The molecular formula is C33H41N3O4S.